The van der Waals surface area contributed by atoms with Gasteiger partial charge >= 0.3 is 6.09 Å². The molecule has 0 N–H and O–H groups in total. The first-order valence-electron chi connectivity index (χ1n) is 6.75. The van der Waals surface area contributed by atoms with Crippen LogP contribution in [-0.2, 0) is 4.74 Å². The molecule has 0 unspecified atom stereocenters. The predicted molar refractivity (Wildman–Crippen MR) is 83.3 cm³/mol. The van der Waals surface area contributed by atoms with Crippen LogP contribution >= 0.6 is 15.9 Å². The summed E-state index contributed by atoms with van der Waals surface area (Å²) in [6.07, 6.45) is 6.90. The van der Waals surface area contributed by atoms with Crippen molar-refractivity contribution in [2.45, 2.75) is 32.4 Å². The number of ether oxygens (including phenoxy) is 2. The van der Waals surface area contributed by atoms with Gasteiger partial charge in [-0.1, -0.05) is 12.2 Å². The molecular weight excluding hydrogens is 336 g/mol. The highest BCUT2D eigenvalue weighted by molar-refractivity contribution is 9.10. The lowest BCUT2D eigenvalue weighted by atomic mass is 10.2. The molecule has 0 saturated heterocycles. The van der Waals surface area contributed by atoms with E-state index in [9.17, 15) is 4.79 Å². The molecule has 1 amide bonds. The van der Waals surface area contributed by atoms with Gasteiger partial charge in [-0.25, -0.2) is 4.79 Å². The minimum absolute atomic E-state index is 0.126. The van der Waals surface area contributed by atoms with E-state index in [1.54, 1.807) is 17.3 Å². The number of halogens is 1. The minimum Gasteiger partial charge on any atom is -0.489 e. The zero-order chi connectivity index (χ0) is 15.5. The molecule has 1 aliphatic rings. The van der Waals surface area contributed by atoms with E-state index in [-0.39, 0.29) is 12.1 Å². The van der Waals surface area contributed by atoms with Crippen LogP contribution in [0.5, 0.6) is 5.75 Å². The number of rotatable bonds is 3. The van der Waals surface area contributed by atoms with Crippen molar-refractivity contribution in [1.82, 2.24) is 9.88 Å². The summed E-state index contributed by atoms with van der Waals surface area (Å²) in [5, 5.41) is 0. The Kier molecular flexibility index (Phi) is 4.88. The molecule has 6 heteroatoms. The van der Waals surface area contributed by atoms with Gasteiger partial charge in [0, 0.05) is 17.2 Å². The van der Waals surface area contributed by atoms with E-state index < -0.39 is 5.60 Å². The largest absolute Gasteiger partial charge is 0.489 e. The summed E-state index contributed by atoms with van der Waals surface area (Å²) in [7, 11) is 0. The third-order valence-corrected chi connectivity index (χ3v) is 3.22. The van der Waals surface area contributed by atoms with Crippen LogP contribution in [0.1, 0.15) is 20.8 Å². The van der Waals surface area contributed by atoms with Gasteiger partial charge in [0.05, 0.1) is 12.2 Å². The van der Waals surface area contributed by atoms with Crippen LogP contribution in [0.4, 0.5) is 4.79 Å². The van der Waals surface area contributed by atoms with Crippen LogP contribution in [0, 0.1) is 0 Å². The van der Waals surface area contributed by atoms with Gasteiger partial charge in [0.15, 0.2) is 0 Å². The molecule has 0 saturated carbocycles. The van der Waals surface area contributed by atoms with E-state index in [1.807, 2.05) is 39.0 Å². The minimum atomic E-state index is -0.501. The highest BCUT2D eigenvalue weighted by Crippen LogP contribution is 2.19. The third-order valence-electron chi connectivity index (χ3n) is 2.79. The Balaban J connectivity index is 1.93. The maximum atomic E-state index is 12.1. The first-order chi connectivity index (χ1) is 9.85. The van der Waals surface area contributed by atoms with E-state index in [4.69, 9.17) is 9.47 Å². The highest BCUT2D eigenvalue weighted by Gasteiger charge is 2.29. The standard InChI is InChI=1S/C15H19BrN2O3/c1-15(2,3)21-14(19)18-6-4-5-12(18)10-20-13-7-11(16)8-17-9-13/h4-5,7-9,12H,6,10H2,1-3H3/t12-/m0/s1. The average Bonchev–Trinajstić information content (AvgIpc) is 2.83. The molecule has 1 aromatic rings. The van der Waals surface area contributed by atoms with Crippen molar-refractivity contribution in [3.05, 3.63) is 35.1 Å². The zero-order valence-corrected chi connectivity index (χ0v) is 14.0. The summed E-state index contributed by atoms with van der Waals surface area (Å²) in [5.74, 6) is 0.661. The average molecular weight is 355 g/mol. The lowest BCUT2D eigenvalue weighted by Crippen LogP contribution is -2.42. The van der Waals surface area contributed by atoms with E-state index in [0.29, 0.717) is 18.9 Å². The van der Waals surface area contributed by atoms with E-state index >= 15 is 0 Å². The summed E-state index contributed by atoms with van der Waals surface area (Å²) >= 11 is 3.34. The van der Waals surface area contributed by atoms with E-state index in [0.717, 1.165) is 4.47 Å². The summed E-state index contributed by atoms with van der Waals surface area (Å²) in [4.78, 5) is 17.8. The fourth-order valence-corrected chi connectivity index (χ4v) is 2.24. The second-order valence-electron chi connectivity index (χ2n) is 5.78. The van der Waals surface area contributed by atoms with Gasteiger partial charge in [-0.15, -0.1) is 0 Å². The molecule has 114 valence electrons. The van der Waals surface area contributed by atoms with Gasteiger partial charge in [-0.2, -0.15) is 0 Å². The number of nitrogens with zero attached hydrogens (tertiary/aromatic N) is 2. The molecule has 2 heterocycles. The van der Waals surface area contributed by atoms with E-state index in [1.165, 1.54) is 0 Å². The van der Waals surface area contributed by atoms with Gasteiger partial charge in [-0.05, 0) is 42.8 Å². The smallest absolute Gasteiger partial charge is 0.411 e. The van der Waals surface area contributed by atoms with Crippen molar-refractivity contribution in [1.29, 1.82) is 0 Å². The molecule has 0 spiro atoms. The van der Waals surface area contributed by atoms with Crippen molar-refractivity contribution < 1.29 is 14.3 Å². The maximum absolute atomic E-state index is 12.1. The Morgan fingerprint density at radius 3 is 2.90 bits per heavy atom. The summed E-state index contributed by atoms with van der Waals surface area (Å²) in [6.45, 7) is 6.47. The molecule has 1 atom stereocenters. The Morgan fingerprint density at radius 2 is 2.24 bits per heavy atom. The molecule has 21 heavy (non-hydrogen) atoms. The molecule has 1 aliphatic heterocycles. The summed E-state index contributed by atoms with van der Waals surface area (Å²) in [5.41, 5.74) is -0.501. The second-order valence-corrected chi connectivity index (χ2v) is 6.69. The lowest BCUT2D eigenvalue weighted by Gasteiger charge is -2.28. The van der Waals surface area contributed by atoms with Gasteiger partial charge in [0.2, 0.25) is 0 Å². The zero-order valence-electron chi connectivity index (χ0n) is 12.4. The first-order valence-corrected chi connectivity index (χ1v) is 7.54. The third kappa shape index (κ3) is 4.74. The van der Waals surface area contributed by atoms with Crippen molar-refractivity contribution >= 4 is 22.0 Å². The van der Waals surface area contributed by atoms with Crippen molar-refractivity contribution in [2.75, 3.05) is 13.2 Å². The number of hydrogen-bond donors (Lipinski definition) is 0. The number of amides is 1. The summed E-state index contributed by atoms with van der Waals surface area (Å²) in [6, 6.07) is 1.71. The molecule has 1 aromatic heterocycles. The van der Waals surface area contributed by atoms with Crippen molar-refractivity contribution in [3.63, 3.8) is 0 Å². The van der Waals surface area contributed by atoms with Gasteiger partial charge < -0.3 is 9.47 Å². The van der Waals surface area contributed by atoms with Crippen LogP contribution < -0.4 is 4.74 Å². The van der Waals surface area contributed by atoms with Crippen LogP contribution in [-0.4, -0.2) is 40.8 Å². The van der Waals surface area contributed by atoms with Gasteiger partial charge in [0.1, 0.15) is 18.0 Å². The molecule has 0 bridgehead atoms. The number of hydrogen-bond acceptors (Lipinski definition) is 4. The SMILES string of the molecule is CC(C)(C)OC(=O)N1CC=C[C@H]1COc1cncc(Br)c1. The Labute approximate surface area is 133 Å². The first kappa shape index (κ1) is 15.8. The Morgan fingerprint density at radius 1 is 1.48 bits per heavy atom. The van der Waals surface area contributed by atoms with Crippen LogP contribution in [0.15, 0.2) is 35.1 Å². The maximum Gasteiger partial charge on any atom is 0.411 e. The second kappa shape index (κ2) is 6.47. The fourth-order valence-electron chi connectivity index (χ4n) is 1.90. The van der Waals surface area contributed by atoms with Gasteiger partial charge in [0.25, 0.3) is 0 Å². The molecule has 5 nitrogen and oxygen atoms in total. The number of aromatic nitrogens is 1. The normalized spacial score (nSPS) is 17.9. The molecular formula is C15H19BrN2O3. The fraction of sp³-hybridized carbons (Fsp3) is 0.467. The highest BCUT2D eigenvalue weighted by atomic mass is 79.9. The van der Waals surface area contributed by atoms with Crippen molar-refractivity contribution in [2.24, 2.45) is 0 Å². The van der Waals surface area contributed by atoms with Crippen LogP contribution in [0.2, 0.25) is 0 Å². The Hall–Kier alpha value is -1.56. The topological polar surface area (TPSA) is 51.7 Å². The lowest BCUT2D eigenvalue weighted by molar-refractivity contribution is 0.0208. The van der Waals surface area contributed by atoms with E-state index in [2.05, 4.69) is 20.9 Å². The number of pyridine rings is 1. The molecule has 0 aromatic carbocycles. The van der Waals surface area contributed by atoms with Gasteiger partial charge in [-0.3, -0.25) is 9.88 Å². The van der Waals surface area contributed by atoms with Crippen molar-refractivity contribution in [3.8, 4) is 5.75 Å². The number of carbonyl (C=O) groups is 1. The summed E-state index contributed by atoms with van der Waals surface area (Å²) < 4.78 is 11.9. The number of carbonyl (C=O) groups excluding carboxylic acids is 1. The van der Waals surface area contributed by atoms with Crippen LogP contribution in [0.25, 0.3) is 0 Å². The Bertz CT molecular complexity index is 540. The molecule has 2 rings (SSSR count). The quantitative estimate of drug-likeness (QED) is 0.780. The monoisotopic (exact) mass is 354 g/mol. The van der Waals surface area contributed by atoms with Crippen LogP contribution in [0.3, 0.4) is 0 Å². The molecule has 0 radical (unpaired) electrons. The molecule has 0 aliphatic carbocycles. The molecule has 0 fully saturated rings. The predicted octanol–water partition coefficient (Wildman–Crippen LogP) is 3.40.